The first-order valence-corrected chi connectivity index (χ1v) is 5.74. The van der Waals surface area contributed by atoms with Crippen molar-refractivity contribution in [2.24, 2.45) is 5.16 Å². The van der Waals surface area contributed by atoms with Crippen molar-refractivity contribution in [1.82, 2.24) is 0 Å². The van der Waals surface area contributed by atoms with Crippen molar-refractivity contribution in [2.45, 2.75) is 0 Å². The van der Waals surface area contributed by atoms with Crippen LogP contribution in [0.15, 0.2) is 53.7 Å². The smallest absolute Gasteiger partial charge is 0.270 e. The monoisotopic (exact) mass is 287 g/mol. The Kier molecular flexibility index (Phi) is 3.89. The lowest BCUT2D eigenvalue weighted by Gasteiger charge is -2.04. The molecular formula is C13H9N3O5. The van der Waals surface area contributed by atoms with E-state index >= 15 is 0 Å². The molecule has 8 heteroatoms. The van der Waals surface area contributed by atoms with E-state index in [2.05, 4.69) is 5.16 Å². The SMILES string of the molecule is O=[N+]([O-])c1cccc(C(=NO)c2cccc([N+](=O)[O-])c2)c1. The van der Waals surface area contributed by atoms with E-state index in [1.54, 1.807) is 0 Å². The number of hydrogen-bond acceptors (Lipinski definition) is 6. The third-order valence-corrected chi connectivity index (χ3v) is 2.76. The lowest BCUT2D eigenvalue weighted by molar-refractivity contribution is -0.385. The van der Waals surface area contributed by atoms with E-state index in [1.165, 1.54) is 48.5 Å². The third-order valence-electron chi connectivity index (χ3n) is 2.76. The number of benzene rings is 2. The number of nitrogens with zero attached hydrogens (tertiary/aromatic N) is 3. The zero-order valence-electron chi connectivity index (χ0n) is 10.5. The molecule has 2 rings (SSSR count). The van der Waals surface area contributed by atoms with Gasteiger partial charge in [0.15, 0.2) is 0 Å². The maximum atomic E-state index is 10.8. The lowest BCUT2D eigenvalue weighted by atomic mass is 10.0. The average Bonchev–Trinajstić information content (AvgIpc) is 2.48. The first kappa shape index (κ1) is 14.1. The number of hydrogen-bond donors (Lipinski definition) is 1. The molecule has 0 aliphatic rings. The molecule has 21 heavy (non-hydrogen) atoms. The maximum Gasteiger partial charge on any atom is 0.270 e. The van der Waals surface area contributed by atoms with Crippen LogP contribution in [0, 0.1) is 20.2 Å². The van der Waals surface area contributed by atoms with E-state index < -0.39 is 9.85 Å². The fourth-order valence-corrected chi connectivity index (χ4v) is 1.82. The topological polar surface area (TPSA) is 119 Å². The number of non-ortho nitro benzene ring substituents is 2. The van der Waals surface area contributed by atoms with Crippen LogP contribution >= 0.6 is 0 Å². The van der Waals surface area contributed by atoms with E-state index in [-0.39, 0.29) is 28.2 Å². The molecule has 0 aliphatic carbocycles. The van der Waals surface area contributed by atoms with Gasteiger partial charge in [0, 0.05) is 35.4 Å². The van der Waals surface area contributed by atoms with E-state index in [0.717, 1.165) is 0 Å². The van der Waals surface area contributed by atoms with Gasteiger partial charge in [-0.1, -0.05) is 29.4 Å². The van der Waals surface area contributed by atoms with Crippen LogP contribution in [-0.2, 0) is 0 Å². The summed E-state index contributed by atoms with van der Waals surface area (Å²) >= 11 is 0. The van der Waals surface area contributed by atoms with E-state index in [0.29, 0.717) is 0 Å². The Morgan fingerprint density at radius 3 is 1.67 bits per heavy atom. The summed E-state index contributed by atoms with van der Waals surface area (Å²) in [6.45, 7) is 0. The van der Waals surface area contributed by atoms with Gasteiger partial charge in [0.2, 0.25) is 0 Å². The quantitative estimate of drug-likeness (QED) is 0.401. The van der Waals surface area contributed by atoms with Crippen LogP contribution in [0.3, 0.4) is 0 Å². The maximum absolute atomic E-state index is 10.8. The molecule has 0 bridgehead atoms. The summed E-state index contributed by atoms with van der Waals surface area (Å²) in [5.41, 5.74) is 0.250. The largest absolute Gasteiger partial charge is 0.410 e. The summed E-state index contributed by atoms with van der Waals surface area (Å²) in [6, 6.07) is 11.0. The molecule has 0 aromatic heterocycles. The average molecular weight is 287 g/mol. The van der Waals surface area contributed by atoms with Gasteiger partial charge >= 0.3 is 0 Å². The molecule has 8 nitrogen and oxygen atoms in total. The zero-order chi connectivity index (χ0) is 15.4. The Bertz CT molecular complexity index is 683. The molecule has 0 saturated heterocycles. The number of nitro groups is 2. The van der Waals surface area contributed by atoms with Gasteiger partial charge in [0.05, 0.1) is 9.85 Å². The van der Waals surface area contributed by atoms with Crippen LogP contribution in [0.4, 0.5) is 11.4 Å². The third kappa shape index (κ3) is 3.00. The highest BCUT2D eigenvalue weighted by molar-refractivity contribution is 6.13. The summed E-state index contributed by atoms with van der Waals surface area (Å²) in [7, 11) is 0. The summed E-state index contributed by atoms with van der Waals surface area (Å²) in [6.07, 6.45) is 0. The molecule has 0 saturated carbocycles. The predicted octanol–water partition coefficient (Wildman–Crippen LogP) is 2.73. The molecule has 0 heterocycles. The second-order valence-corrected chi connectivity index (χ2v) is 4.06. The molecule has 106 valence electrons. The lowest BCUT2D eigenvalue weighted by Crippen LogP contribution is -2.04. The molecule has 0 spiro atoms. The summed E-state index contributed by atoms with van der Waals surface area (Å²) < 4.78 is 0. The highest BCUT2D eigenvalue weighted by atomic mass is 16.6. The van der Waals surface area contributed by atoms with Gasteiger partial charge in [-0.25, -0.2) is 0 Å². The van der Waals surface area contributed by atoms with E-state index in [9.17, 15) is 20.2 Å². The van der Waals surface area contributed by atoms with Gasteiger partial charge in [0.25, 0.3) is 11.4 Å². The Balaban J connectivity index is 2.50. The van der Waals surface area contributed by atoms with Crippen LogP contribution < -0.4 is 0 Å². The number of nitro benzene ring substituents is 2. The van der Waals surface area contributed by atoms with Gasteiger partial charge in [0.1, 0.15) is 5.71 Å². The Morgan fingerprint density at radius 1 is 0.905 bits per heavy atom. The number of rotatable bonds is 4. The van der Waals surface area contributed by atoms with Crippen molar-refractivity contribution in [3.8, 4) is 0 Å². The number of oxime groups is 1. The van der Waals surface area contributed by atoms with Gasteiger partial charge in [-0.15, -0.1) is 0 Å². The van der Waals surface area contributed by atoms with Crippen molar-refractivity contribution in [3.63, 3.8) is 0 Å². The van der Waals surface area contributed by atoms with E-state index in [1.807, 2.05) is 0 Å². The van der Waals surface area contributed by atoms with Crippen molar-refractivity contribution in [3.05, 3.63) is 79.9 Å². The Labute approximate surface area is 118 Å². The van der Waals surface area contributed by atoms with Crippen molar-refractivity contribution in [2.75, 3.05) is 0 Å². The van der Waals surface area contributed by atoms with Crippen molar-refractivity contribution >= 4 is 17.1 Å². The minimum absolute atomic E-state index is 0.0161. The molecule has 2 aromatic rings. The molecule has 0 aliphatic heterocycles. The van der Waals surface area contributed by atoms with Crippen LogP contribution in [0.2, 0.25) is 0 Å². The van der Waals surface area contributed by atoms with Gasteiger partial charge < -0.3 is 5.21 Å². The minimum atomic E-state index is -0.577. The second-order valence-electron chi connectivity index (χ2n) is 4.06. The van der Waals surface area contributed by atoms with Crippen LogP contribution in [0.1, 0.15) is 11.1 Å². The summed E-state index contributed by atoms with van der Waals surface area (Å²) in [5.74, 6) is 0. The van der Waals surface area contributed by atoms with Crippen LogP contribution in [0.5, 0.6) is 0 Å². The minimum Gasteiger partial charge on any atom is -0.410 e. The highest BCUT2D eigenvalue weighted by Gasteiger charge is 2.15. The molecule has 0 amide bonds. The van der Waals surface area contributed by atoms with Crippen LogP contribution in [-0.4, -0.2) is 20.8 Å². The van der Waals surface area contributed by atoms with Gasteiger partial charge in [-0.2, -0.15) is 0 Å². The first-order valence-electron chi connectivity index (χ1n) is 5.74. The second kappa shape index (κ2) is 5.78. The molecule has 0 unspecified atom stereocenters. The molecular weight excluding hydrogens is 278 g/mol. The fourth-order valence-electron chi connectivity index (χ4n) is 1.82. The van der Waals surface area contributed by atoms with Gasteiger partial charge in [-0.05, 0) is 0 Å². The van der Waals surface area contributed by atoms with Crippen molar-refractivity contribution < 1.29 is 15.1 Å². The molecule has 1 N–H and O–H groups in total. The molecule has 2 aromatic carbocycles. The standard InChI is InChI=1S/C13H9N3O5/c17-14-13(9-3-1-5-11(7-9)15(18)19)10-4-2-6-12(8-10)16(20)21/h1-8,17H. The zero-order valence-corrected chi connectivity index (χ0v) is 10.5. The highest BCUT2D eigenvalue weighted by Crippen LogP contribution is 2.20. The first-order chi connectivity index (χ1) is 10.0. The fraction of sp³-hybridized carbons (Fsp3) is 0. The van der Waals surface area contributed by atoms with E-state index in [4.69, 9.17) is 5.21 Å². The van der Waals surface area contributed by atoms with Crippen LogP contribution in [0.25, 0.3) is 0 Å². The molecule has 0 atom stereocenters. The predicted molar refractivity (Wildman–Crippen MR) is 73.6 cm³/mol. The Morgan fingerprint density at radius 2 is 1.33 bits per heavy atom. The molecule has 0 radical (unpaired) electrons. The van der Waals surface area contributed by atoms with Crippen molar-refractivity contribution in [1.29, 1.82) is 0 Å². The Hall–Kier alpha value is -3.29. The molecule has 0 fully saturated rings. The van der Waals surface area contributed by atoms with Gasteiger partial charge in [-0.3, -0.25) is 20.2 Å². The normalized spacial score (nSPS) is 9.90. The summed E-state index contributed by atoms with van der Waals surface area (Å²) in [5, 5.41) is 33.8. The summed E-state index contributed by atoms with van der Waals surface area (Å²) in [4.78, 5) is 20.4.